The van der Waals surface area contributed by atoms with E-state index in [-0.39, 0.29) is 0 Å². The van der Waals surface area contributed by atoms with Crippen molar-refractivity contribution >= 4 is 74.2 Å². The van der Waals surface area contributed by atoms with Gasteiger partial charge in [-0.1, -0.05) is 59.6 Å². The maximum atomic E-state index is 6.13. The van der Waals surface area contributed by atoms with E-state index in [1.807, 2.05) is 42.5 Å². The molecule has 0 unspecified atom stereocenters. The van der Waals surface area contributed by atoms with Gasteiger partial charge in [0, 0.05) is 21.4 Å². The van der Waals surface area contributed by atoms with Gasteiger partial charge in [-0.25, -0.2) is 4.98 Å². The van der Waals surface area contributed by atoms with Crippen LogP contribution in [0.15, 0.2) is 71.8 Å². The molecule has 0 amide bonds. The molecule has 0 aliphatic carbocycles. The molecule has 0 bridgehead atoms. The summed E-state index contributed by atoms with van der Waals surface area (Å²) in [4.78, 5) is 4.76. The average molecular weight is 425 g/mol. The van der Waals surface area contributed by atoms with Crippen LogP contribution in [0, 0.1) is 0 Å². The lowest BCUT2D eigenvalue weighted by Gasteiger charge is -2.10. The SMILES string of the molecule is S=C(NN=Cc1ccc(Cl)cc1Cl)Nc1cccc2cc3ccccc3nc12. The first-order chi connectivity index (χ1) is 13.6. The predicted octanol–water partition coefficient (Wildman–Crippen LogP) is 6.02. The third-order valence-corrected chi connectivity index (χ3v) is 4.88. The Morgan fingerprint density at radius 2 is 1.79 bits per heavy atom. The molecule has 0 saturated carbocycles. The predicted molar refractivity (Wildman–Crippen MR) is 123 cm³/mol. The molecule has 1 heterocycles. The lowest BCUT2D eigenvalue weighted by molar-refractivity contribution is 1.05. The molecule has 0 aliphatic rings. The summed E-state index contributed by atoms with van der Waals surface area (Å²) in [6, 6.07) is 21.2. The molecule has 0 radical (unpaired) electrons. The van der Waals surface area contributed by atoms with E-state index in [1.54, 1.807) is 24.4 Å². The first-order valence-electron chi connectivity index (χ1n) is 8.44. The maximum absolute atomic E-state index is 6.13. The molecule has 0 saturated heterocycles. The van der Waals surface area contributed by atoms with E-state index in [9.17, 15) is 0 Å². The van der Waals surface area contributed by atoms with E-state index in [4.69, 9.17) is 40.4 Å². The smallest absolute Gasteiger partial charge is 0.191 e. The van der Waals surface area contributed by atoms with Crippen LogP contribution in [0.5, 0.6) is 0 Å². The first-order valence-corrected chi connectivity index (χ1v) is 9.60. The molecular weight excluding hydrogens is 411 g/mol. The van der Waals surface area contributed by atoms with Crippen LogP contribution in [0.1, 0.15) is 5.56 Å². The van der Waals surface area contributed by atoms with Gasteiger partial charge >= 0.3 is 0 Å². The van der Waals surface area contributed by atoms with Crippen LogP contribution in [0.25, 0.3) is 21.8 Å². The van der Waals surface area contributed by atoms with Crippen molar-refractivity contribution < 1.29 is 0 Å². The van der Waals surface area contributed by atoms with Gasteiger partial charge in [-0.05, 0) is 42.5 Å². The number of aromatic nitrogens is 1. The van der Waals surface area contributed by atoms with Gasteiger partial charge in [-0.3, -0.25) is 5.43 Å². The zero-order valence-corrected chi connectivity index (χ0v) is 16.8. The largest absolute Gasteiger partial charge is 0.330 e. The number of anilines is 1. The second-order valence-electron chi connectivity index (χ2n) is 6.05. The molecule has 138 valence electrons. The Labute approximate surface area is 177 Å². The summed E-state index contributed by atoms with van der Waals surface area (Å²) in [5, 5.41) is 10.8. The third kappa shape index (κ3) is 4.07. The normalized spacial score (nSPS) is 11.2. The van der Waals surface area contributed by atoms with Crippen LogP contribution in [-0.2, 0) is 0 Å². The number of fused-ring (bicyclic) bond motifs is 2. The van der Waals surface area contributed by atoms with Crippen molar-refractivity contribution in [3.63, 3.8) is 0 Å². The minimum atomic E-state index is 0.351. The maximum Gasteiger partial charge on any atom is 0.191 e. The Hall–Kier alpha value is -2.73. The Kier molecular flexibility index (Phi) is 5.39. The van der Waals surface area contributed by atoms with Crippen LogP contribution in [0.3, 0.4) is 0 Å². The van der Waals surface area contributed by atoms with E-state index in [0.29, 0.717) is 15.2 Å². The third-order valence-electron chi connectivity index (χ3n) is 4.13. The van der Waals surface area contributed by atoms with Crippen molar-refractivity contribution in [2.45, 2.75) is 0 Å². The fraction of sp³-hybridized carbons (Fsp3) is 0. The van der Waals surface area contributed by atoms with Gasteiger partial charge in [-0.2, -0.15) is 5.10 Å². The lowest BCUT2D eigenvalue weighted by atomic mass is 10.1. The van der Waals surface area contributed by atoms with E-state index in [1.165, 1.54) is 0 Å². The number of halogens is 2. The molecular formula is C21H14Cl2N4S. The van der Waals surface area contributed by atoms with Crippen molar-refractivity contribution in [3.8, 4) is 0 Å². The van der Waals surface area contributed by atoms with E-state index < -0.39 is 0 Å². The number of para-hydroxylation sites is 2. The second-order valence-corrected chi connectivity index (χ2v) is 7.30. The number of pyridine rings is 1. The lowest BCUT2D eigenvalue weighted by Crippen LogP contribution is -2.24. The summed E-state index contributed by atoms with van der Waals surface area (Å²) in [7, 11) is 0. The summed E-state index contributed by atoms with van der Waals surface area (Å²) >= 11 is 17.4. The van der Waals surface area contributed by atoms with Gasteiger partial charge in [0.1, 0.15) is 0 Å². The summed E-state index contributed by atoms with van der Waals surface area (Å²) < 4.78 is 0. The first kappa shape index (κ1) is 18.6. The number of nitrogens with zero attached hydrogens (tertiary/aromatic N) is 2. The minimum absolute atomic E-state index is 0.351. The van der Waals surface area contributed by atoms with Gasteiger partial charge in [0.25, 0.3) is 0 Å². The number of thiocarbonyl (C=S) groups is 1. The molecule has 7 heteroatoms. The molecule has 4 aromatic rings. The Morgan fingerprint density at radius 1 is 0.964 bits per heavy atom. The van der Waals surface area contributed by atoms with Crippen LogP contribution in [0.4, 0.5) is 5.69 Å². The summed E-state index contributed by atoms with van der Waals surface area (Å²) in [6.07, 6.45) is 1.58. The minimum Gasteiger partial charge on any atom is -0.330 e. The molecule has 28 heavy (non-hydrogen) atoms. The highest BCUT2D eigenvalue weighted by Gasteiger charge is 2.06. The Balaban J connectivity index is 1.53. The molecule has 0 spiro atoms. The zero-order chi connectivity index (χ0) is 19.5. The number of hydrazone groups is 1. The van der Waals surface area contributed by atoms with E-state index in [0.717, 1.165) is 33.1 Å². The number of hydrogen-bond donors (Lipinski definition) is 2. The molecule has 0 aliphatic heterocycles. The summed E-state index contributed by atoms with van der Waals surface area (Å²) in [5.41, 5.74) is 6.11. The standard InChI is InChI=1S/C21H14Cl2N4S/c22-16-9-8-15(17(23)11-16)12-24-27-21(28)26-19-7-3-5-14-10-13-4-1-2-6-18(13)25-20(14)19/h1-12H,(H2,26,27,28). The van der Waals surface area contributed by atoms with Gasteiger partial charge in [-0.15, -0.1) is 0 Å². The van der Waals surface area contributed by atoms with Crippen LogP contribution < -0.4 is 10.7 Å². The fourth-order valence-electron chi connectivity index (χ4n) is 2.82. The van der Waals surface area contributed by atoms with Crippen molar-refractivity contribution in [1.82, 2.24) is 10.4 Å². The Bertz CT molecular complexity index is 1220. The second kappa shape index (κ2) is 8.10. The van der Waals surface area contributed by atoms with Crippen LogP contribution in [0.2, 0.25) is 10.0 Å². The van der Waals surface area contributed by atoms with Crippen molar-refractivity contribution in [3.05, 3.63) is 82.3 Å². The fourth-order valence-corrected chi connectivity index (χ4v) is 3.44. The Morgan fingerprint density at radius 3 is 2.64 bits per heavy atom. The highest BCUT2D eigenvalue weighted by molar-refractivity contribution is 7.80. The van der Waals surface area contributed by atoms with Crippen LogP contribution in [-0.4, -0.2) is 16.3 Å². The summed E-state index contributed by atoms with van der Waals surface area (Å²) in [6.45, 7) is 0. The number of rotatable bonds is 3. The number of hydrogen-bond acceptors (Lipinski definition) is 3. The molecule has 4 nitrogen and oxygen atoms in total. The average Bonchev–Trinajstić information content (AvgIpc) is 2.68. The quantitative estimate of drug-likeness (QED) is 0.183. The monoisotopic (exact) mass is 424 g/mol. The molecule has 1 aromatic heterocycles. The number of benzene rings is 3. The van der Waals surface area contributed by atoms with Crippen LogP contribution >= 0.6 is 35.4 Å². The van der Waals surface area contributed by atoms with Gasteiger partial charge in [0.2, 0.25) is 0 Å². The van der Waals surface area contributed by atoms with Crippen molar-refractivity contribution in [1.29, 1.82) is 0 Å². The molecule has 0 atom stereocenters. The topological polar surface area (TPSA) is 49.3 Å². The van der Waals surface area contributed by atoms with Gasteiger partial charge in [0.15, 0.2) is 5.11 Å². The molecule has 0 fully saturated rings. The summed E-state index contributed by atoms with van der Waals surface area (Å²) in [5.74, 6) is 0. The highest BCUT2D eigenvalue weighted by atomic mass is 35.5. The van der Waals surface area contributed by atoms with Gasteiger partial charge in [0.05, 0.1) is 28.0 Å². The van der Waals surface area contributed by atoms with Crippen molar-refractivity contribution in [2.24, 2.45) is 5.10 Å². The molecule has 4 rings (SSSR count). The van der Waals surface area contributed by atoms with Gasteiger partial charge < -0.3 is 5.32 Å². The van der Waals surface area contributed by atoms with E-state index in [2.05, 4.69) is 21.9 Å². The zero-order valence-electron chi connectivity index (χ0n) is 14.5. The van der Waals surface area contributed by atoms with Crippen molar-refractivity contribution in [2.75, 3.05) is 5.32 Å². The van der Waals surface area contributed by atoms with E-state index >= 15 is 0 Å². The highest BCUT2D eigenvalue weighted by Crippen LogP contribution is 2.25. The number of nitrogens with one attached hydrogen (secondary N) is 2. The molecule has 2 N–H and O–H groups in total. The molecule has 3 aromatic carbocycles.